The fourth-order valence-corrected chi connectivity index (χ4v) is 6.15. The van der Waals surface area contributed by atoms with E-state index in [1.54, 1.807) is 7.11 Å². The zero-order valence-corrected chi connectivity index (χ0v) is 20.4. The number of carbonyl (C=O) groups is 2. The van der Waals surface area contributed by atoms with Gasteiger partial charge in [0.2, 0.25) is 0 Å². The van der Waals surface area contributed by atoms with E-state index in [2.05, 4.69) is 29.6 Å². The van der Waals surface area contributed by atoms with Crippen LogP contribution in [-0.2, 0) is 9.59 Å². The maximum atomic E-state index is 13.7. The Morgan fingerprint density at radius 3 is 1.53 bits per heavy atom. The molecule has 4 heteroatoms. The largest absolute Gasteiger partial charge is 0.497 e. The Morgan fingerprint density at radius 1 is 0.611 bits per heavy atom. The molecule has 2 aliphatic carbocycles. The summed E-state index contributed by atoms with van der Waals surface area (Å²) in [4.78, 5) is 27.5. The number of ketones is 2. The van der Waals surface area contributed by atoms with Crippen molar-refractivity contribution >= 4 is 11.6 Å². The Labute approximate surface area is 211 Å². The minimum atomic E-state index is -0.337. The number of methoxy groups -OCH3 is 1. The van der Waals surface area contributed by atoms with E-state index in [4.69, 9.17) is 4.74 Å². The van der Waals surface area contributed by atoms with Crippen LogP contribution >= 0.6 is 0 Å². The van der Waals surface area contributed by atoms with Gasteiger partial charge in [-0.3, -0.25) is 9.59 Å². The quantitative estimate of drug-likeness (QED) is 0.489. The molecule has 0 radical (unpaired) electrons. The van der Waals surface area contributed by atoms with E-state index in [0.717, 1.165) is 46.7 Å². The van der Waals surface area contributed by atoms with Crippen LogP contribution in [0.15, 0.2) is 107 Å². The molecule has 1 heterocycles. The van der Waals surface area contributed by atoms with Gasteiger partial charge < -0.3 is 10.1 Å². The summed E-state index contributed by atoms with van der Waals surface area (Å²) in [7, 11) is 1.64. The van der Waals surface area contributed by atoms with E-state index in [1.807, 2.05) is 60.7 Å². The van der Waals surface area contributed by atoms with Crippen LogP contribution in [-0.4, -0.2) is 18.7 Å². The molecule has 3 aliphatic rings. The lowest BCUT2D eigenvalue weighted by Crippen LogP contribution is -2.38. The Hall–Kier alpha value is -3.92. The van der Waals surface area contributed by atoms with Gasteiger partial charge in [-0.15, -0.1) is 0 Å². The maximum absolute atomic E-state index is 13.7. The molecule has 0 saturated heterocycles. The number of carbonyl (C=O) groups excluding carboxylic acids is 2. The first-order valence-corrected chi connectivity index (χ1v) is 12.7. The fourth-order valence-electron chi connectivity index (χ4n) is 6.15. The van der Waals surface area contributed by atoms with Crippen LogP contribution in [0.2, 0.25) is 0 Å². The topological polar surface area (TPSA) is 55.4 Å². The maximum Gasteiger partial charge on any atom is 0.162 e. The van der Waals surface area contributed by atoms with Crippen molar-refractivity contribution < 1.29 is 14.3 Å². The van der Waals surface area contributed by atoms with Crippen LogP contribution in [0.4, 0.5) is 0 Å². The molecular formula is C32H29NO3. The van der Waals surface area contributed by atoms with Gasteiger partial charge in [0, 0.05) is 41.3 Å². The van der Waals surface area contributed by atoms with Crippen LogP contribution < -0.4 is 10.1 Å². The summed E-state index contributed by atoms with van der Waals surface area (Å²) in [6.07, 6.45) is 2.44. The number of hydrogen-bond donors (Lipinski definition) is 1. The van der Waals surface area contributed by atoms with Crippen molar-refractivity contribution in [2.75, 3.05) is 7.11 Å². The molecule has 1 N–H and O–H groups in total. The lowest BCUT2D eigenvalue weighted by molar-refractivity contribution is -0.117. The van der Waals surface area contributed by atoms with Crippen LogP contribution in [0.3, 0.4) is 0 Å². The van der Waals surface area contributed by atoms with Crippen molar-refractivity contribution in [3.8, 4) is 5.75 Å². The van der Waals surface area contributed by atoms with E-state index < -0.39 is 0 Å². The van der Waals surface area contributed by atoms with Crippen LogP contribution in [0.5, 0.6) is 5.75 Å². The van der Waals surface area contributed by atoms with Gasteiger partial charge in [0.1, 0.15) is 5.75 Å². The van der Waals surface area contributed by atoms with Gasteiger partial charge >= 0.3 is 0 Å². The van der Waals surface area contributed by atoms with Gasteiger partial charge in [0.15, 0.2) is 11.6 Å². The summed E-state index contributed by atoms with van der Waals surface area (Å²) >= 11 is 0. The molecule has 0 bridgehead atoms. The third-order valence-electron chi connectivity index (χ3n) is 7.89. The predicted octanol–water partition coefficient (Wildman–Crippen LogP) is 6.18. The molecule has 0 amide bonds. The monoisotopic (exact) mass is 475 g/mol. The second kappa shape index (κ2) is 9.27. The van der Waals surface area contributed by atoms with Crippen LogP contribution in [0.1, 0.15) is 60.1 Å². The third-order valence-corrected chi connectivity index (χ3v) is 7.89. The zero-order valence-electron chi connectivity index (χ0n) is 20.4. The minimum absolute atomic E-state index is 0.128. The molecule has 3 aromatic carbocycles. The highest BCUT2D eigenvalue weighted by atomic mass is 16.5. The number of nitrogens with one attached hydrogen (secondary N) is 1. The van der Waals surface area contributed by atoms with E-state index >= 15 is 0 Å². The first kappa shape index (κ1) is 22.5. The first-order valence-electron chi connectivity index (χ1n) is 12.7. The van der Waals surface area contributed by atoms with E-state index in [9.17, 15) is 9.59 Å². The molecule has 0 spiro atoms. The lowest BCUT2D eigenvalue weighted by atomic mass is 9.67. The predicted molar refractivity (Wildman–Crippen MR) is 140 cm³/mol. The summed E-state index contributed by atoms with van der Waals surface area (Å²) in [5.74, 6) is 0.941. The van der Waals surface area contributed by atoms with Crippen molar-refractivity contribution in [3.05, 3.63) is 124 Å². The number of Topliss-reactive ketones (excluding diaryl/α,β-unsaturated/α-hetero) is 2. The van der Waals surface area contributed by atoms with E-state index in [1.165, 1.54) is 11.1 Å². The highest BCUT2D eigenvalue weighted by molar-refractivity contribution is 6.07. The normalized spacial score (nSPS) is 22.1. The van der Waals surface area contributed by atoms with Crippen molar-refractivity contribution in [1.82, 2.24) is 5.32 Å². The molecular weight excluding hydrogens is 446 g/mol. The third kappa shape index (κ3) is 3.97. The smallest absolute Gasteiger partial charge is 0.162 e. The molecule has 2 atom stereocenters. The molecule has 6 rings (SSSR count). The SMILES string of the molecule is COc1ccc(C2C3=C(C[C@@H](c4ccccc4)CC3=O)NC3=C2C(=O)C[C@H](c2ccccc2)C3)cc1. The number of benzene rings is 3. The Balaban J connectivity index is 1.44. The van der Waals surface area contributed by atoms with Gasteiger partial charge in [0.25, 0.3) is 0 Å². The van der Waals surface area contributed by atoms with E-state index in [0.29, 0.717) is 12.8 Å². The summed E-state index contributed by atoms with van der Waals surface area (Å²) < 4.78 is 5.37. The van der Waals surface area contributed by atoms with Gasteiger partial charge in [-0.2, -0.15) is 0 Å². The number of allylic oxidation sites excluding steroid dienone is 4. The average molecular weight is 476 g/mol. The number of ether oxygens (including phenoxy) is 1. The molecule has 3 aromatic rings. The second-order valence-electron chi connectivity index (χ2n) is 9.99. The Morgan fingerprint density at radius 2 is 1.08 bits per heavy atom. The van der Waals surface area contributed by atoms with Gasteiger partial charge in [0.05, 0.1) is 7.11 Å². The van der Waals surface area contributed by atoms with Gasteiger partial charge in [-0.25, -0.2) is 0 Å². The van der Waals surface area contributed by atoms with Gasteiger partial charge in [-0.05, 0) is 53.5 Å². The minimum Gasteiger partial charge on any atom is -0.497 e. The molecule has 1 aliphatic heterocycles. The number of dihydropyridines is 1. The summed E-state index contributed by atoms with van der Waals surface area (Å²) in [5.41, 5.74) is 6.80. The van der Waals surface area contributed by atoms with Gasteiger partial charge in [-0.1, -0.05) is 72.8 Å². The number of hydrogen-bond acceptors (Lipinski definition) is 4. The molecule has 4 nitrogen and oxygen atoms in total. The summed E-state index contributed by atoms with van der Waals surface area (Å²) in [5, 5.41) is 3.63. The molecule has 36 heavy (non-hydrogen) atoms. The highest BCUT2D eigenvalue weighted by Gasteiger charge is 2.43. The Bertz CT molecular complexity index is 1290. The molecule has 0 fully saturated rings. The fraction of sp³-hybridized carbons (Fsp3) is 0.250. The lowest BCUT2D eigenvalue weighted by Gasteiger charge is -2.40. The average Bonchev–Trinajstić information content (AvgIpc) is 2.93. The first-order chi connectivity index (χ1) is 17.6. The highest BCUT2D eigenvalue weighted by Crippen LogP contribution is 2.49. The molecule has 0 unspecified atom stereocenters. The molecule has 180 valence electrons. The second-order valence-corrected chi connectivity index (χ2v) is 9.99. The Kier molecular flexibility index (Phi) is 5.80. The van der Waals surface area contributed by atoms with E-state index in [-0.39, 0.29) is 29.3 Å². The van der Waals surface area contributed by atoms with Crippen molar-refractivity contribution in [3.63, 3.8) is 0 Å². The van der Waals surface area contributed by atoms with Crippen molar-refractivity contribution in [1.29, 1.82) is 0 Å². The number of rotatable bonds is 4. The molecule has 0 aromatic heterocycles. The summed E-state index contributed by atoms with van der Waals surface area (Å²) in [6.45, 7) is 0. The van der Waals surface area contributed by atoms with Crippen LogP contribution in [0, 0.1) is 0 Å². The zero-order chi connectivity index (χ0) is 24.6. The summed E-state index contributed by atoms with van der Waals surface area (Å²) in [6, 6.07) is 28.4. The van der Waals surface area contributed by atoms with Crippen LogP contribution in [0.25, 0.3) is 0 Å². The van der Waals surface area contributed by atoms with Crippen molar-refractivity contribution in [2.45, 2.75) is 43.4 Å². The molecule has 0 saturated carbocycles. The standard InChI is InChI=1S/C32H29NO3/c1-36-25-14-12-22(13-15-25)30-31-26(16-23(18-28(31)34)20-8-4-2-5-9-20)33-27-17-24(19-29(35)32(27)30)21-10-6-3-7-11-21/h2-15,23-24,30,33H,16-19H2,1H3/t23-,24-/m1/s1. The van der Waals surface area contributed by atoms with Crippen molar-refractivity contribution in [2.24, 2.45) is 0 Å².